The Hall–Kier alpha value is -0.930. The quantitative estimate of drug-likeness (QED) is 0.874. The minimum absolute atomic E-state index is 0.199. The van der Waals surface area contributed by atoms with Crippen LogP contribution in [0.25, 0.3) is 0 Å². The molecule has 2 N–H and O–H groups in total. The standard InChI is InChI=1S/C14H21FN2/c1-14(2)6-3-7-17(14)10-11-4-5-13(15)8-12(11)9-16/h4-5,8H,3,6-7,9-10,16H2,1-2H3. The normalized spacial score (nSPS) is 19.8. The lowest BCUT2D eigenvalue weighted by Crippen LogP contribution is -2.37. The molecule has 0 aromatic heterocycles. The molecule has 0 aliphatic carbocycles. The van der Waals surface area contributed by atoms with Gasteiger partial charge >= 0.3 is 0 Å². The smallest absolute Gasteiger partial charge is 0.123 e. The van der Waals surface area contributed by atoms with Gasteiger partial charge in [-0.25, -0.2) is 4.39 Å². The maximum absolute atomic E-state index is 13.1. The number of rotatable bonds is 3. The number of halogens is 1. The minimum atomic E-state index is -0.199. The average Bonchev–Trinajstić information content (AvgIpc) is 2.61. The fourth-order valence-electron chi connectivity index (χ4n) is 2.60. The van der Waals surface area contributed by atoms with Gasteiger partial charge in [0.05, 0.1) is 0 Å². The molecule has 0 amide bonds. The largest absolute Gasteiger partial charge is 0.326 e. The molecular formula is C14H21FN2. The first-order chi connectivity index (χ1) is 8.03. The molecule has 1 aliphatic rings. The van der Waals surface area contributed by atoms with Crippen LogP contribution >= 0.6 is 0 Å². The van der Waals surface area contributed by atoms with Gasteiger partial charge in [-0.05, 0) is 56.5 Å². The van der Waals surface area contributed by atoms with Crippen molar-refractivity contribution in [2.45, 2.75) is 45.3 Å². The van der Waals surface area contributed by atoms with E-state index in [1.165, 1.54) is 18.9 Å². The molecule has 0 atom stereocenters. The molecule has 0 spiro atoms. The lowest BCUT2D eigenvalue weighted by atomic mass is 10.0. The third-order valence-electron chi connectivity index (χ3n) is 3.82. The molecule has 2 nitrogen and oxygen atoms in total. The Morgan fingerprint density at radius 3 is 2.71 bits per heavy atom. The van der Waals surface area contributed by atoms with Gasteiger partial charge in [-0.2, -0.15) is 0 Å². The maximum Gasteiger partial charge on any atom is 0.123 e. The van der Waals surface area contributed by atoms with Gasteiger partial charge in [0.15, 0.2) is 0 Å². The molecule has 94 valence electrons. The lowest BCUT2D eigenvalue weighted by molar-refractivity contribution is 0.166. The zero-order chi connectivity index (χ0) is 12.5. The highest BCUT2D eigenvalue weighted by atomic mass is 19.1. The Bertz CT molecular complexity index is 401. The summed E-state index contributed by atoms with van der Waals surface area (Å²) in [6.45, 7) is 6.94. The predicted molar refractivity (Wildman–Crippen MR) is 68.0 cm³/mol. The molecule has 1 saturated heterocycles. The summed E-state index contributed by atoms with van der Waals surface area (Å²) in [4.78, 5) is 2.46. The van der Waals surface area contributed by atoms with Crippen LogP contribution < -0.4 is 5.73 Å². The Morgan fingerprint density at radius 1 is 1.35 bits per heavy atom. The second-order valence-electron chi connectivity index (χ2n) is 5.45. The monoisotopic (exact) mass is 236 g/mol. The van der Waals surface area contributed by atoms with E-state index in [0.29, 0.717) is 6.54 Å². The number of hydrogen-bond acceptors (Lipinski definition) is 2. The molecule has 1 aromatic carbocycles. The average molecular weight is 236 g/mol. The van der Waals surface area contributed by atoms with Crippen LogP contribution in [0.1, 0.15) is 37.8 Å². The van der Waals surface area contributed by atoms with Gasteiger partial charge in [0.2, 0.25) is 0 Å². The molecule has 1 fully saturated rings. The summed E-state index contributed by atoms with van der Waals surface area (Å²) in [6.07, 6.45) is 2.47. The molecule has 17 heavy (non-hydrogen) atoms. The van der Waals surface area contributed by atoms with E-state index < -0.39 is 0 Å². The highest BCUT2D eigenvalue weighted by molar-refractivity contribution is 5.28. The van der Waals surface area contributed by atoms with Gasteiger partial charge in [-0.1, -0.05) is 6.07 Å². The first kappa shape index (κ1) is 12.5. The van der Waals surface area contributed by atoms with E-state index >= 15 is 0 Å². The van der Waals surface area contributed by atoms with Crippen molar-refractivity contribution in [3.05, 3.63) is 35.1 Å². The Morgan fingerprint density at radius 2 is 2.12 bits per heavy atom. The van der Waals surface area contributed by atoms with E-state index in [9.17, 15) is 4.39 Å². The summed E-state index contributed by atoms with van der Waals surface area (Å²) < 4.78 is 13.1. The zero-order valence-corrected chi connectivity index (χ0v) is 10.7. The van der Waals surface area contributed by atoms with Gasteiger partial charge in [0.25, 0.3) is 0 Å². The second-order valence-corrected chi connectivity index (χ2v) is 5.45. The van der Waals surface area contributed by atoms with Crippen molar-refractivity contribution in [1.82, 2.24) is 4.90 Å². The van der Waals surface area contributed by atoms with Crippen molar-refractivity contribution in [2.24, 2.45) is 5.73 Å². The van der Waals surface area contributed by atoms with Crippen molar-refractivity contribution >= 4 is 0 Å². The fraction of sp³-hybridized carbons (Fsp3) is 0.571. The Balaban J connectivity index is 2.18. The fourth-order valence-corrected chi connectivity index (χ4v) is 2.60. The van der Waals surface area contributed by atoms with Gasteiger partial charge < -0.3 is 5.73 Å². The minimum Gasteiger partial charge on any atom is -0.326 e. The summed E-state index contributed by atoms with van der Waals surface area (Å²) in [6, 6.07) is 4.95. The van der Waals surface area contributed by atoms with Gasteiger partial charge in [-0.3, -0.25) is 4.90 Å². The molecule has 3 heteroatoms. The summed E-state index contributed by atoms with van der Waals surface area (Å²) in [5.74, 6) is -0.199. The van der Waals surface area contributed by atoms with Crippen LogP contribution in [0.15, 0.2) is 18.2 Å². The van der Waals surface area contributed by atoms with Crippen LogP contribution in [0.4, 0.5) is 4.39 Å². The van der Waals surface area contributed by atoms with Crippen LogP contribution in [0.3, 0.4) is 0 Å². The Labute approximate surface area is 103 Å². The van der Waals surface area contributed by atoms with E-state index in [1.807, 2.05) is 6.07 Å². The molecule has 1 aromatic rings. The van der Waals surface area contributed by atoms with Gasteiger partial charge in [0, 0.05) is 18.6 Å². The van der Waals surface area contributed by atoms with Crippen LogP contribution in [0, 0.1) is 5.82 Å². The highest BCUT2D eigenvalue weighted by Gasteiger charge is 2.31. The number of nitrogens with two attached hydrogens (primary N) is 1. The van der Waals surface area contributed by atoms with Crippen LogP contribution in [-0.2, 0) is 13.1 Å². The van der Waals surface area contributed by atoms with Crippen molar-refractivity contribution in [2.75, 3.05) is 6.54 Å². The Kier molecular flexibility index (Phi) is 3.50. The molecule has 1 heterocycles. The number of nitrogens with zero attached hydrogens (tertiary/aromatic N) is 1. The number of benzene rings is 1. The second kappa shape index (κ2) is 4.75. The third kappa shape index (κ3) is 2.67. The summed E-state index contributed by atoms with van der Waals surface area (Å²) >= 11 is 0. The molecule has 2 rings (SSSR count). The topological polar surface area (TPSA) is 29.3 Å². The molecule has 0 radical (unpaired) electrons. The summed E-state index contributed by atoms with van der Waals surface area (Å²) in [5, 5.41) is 0. The van der Waals surface area contributed by atoms with E-state index in [0.717, 1.165) is 24.2 Å². The van der Waals surface area contributed by atoms with Crippen molar-refractivity contribution in [3.63, 3.8) is 0 Å². The molecular weight excluding hydrogens is 215 g/mol. The van der Waals surface area contributed by atoms with E-state index in [1.54, 1.807) is 6.07 Å². The molecule has 0 bridgehead atoms. The third-order valence-corrected chi connectivity index (χ3v) is 3.82. The maximum atomic E-state index is 13.1. The number of hydrogen-bond donors (Lipinski definition) is 1. The van der Waals surface area contributed by atoms with E-state index in [4.69, 9.17) is 5.73 Å². The van der Waals surface area contributed by atoms with Gasteiger partial charge in [-0.15, -0.1) is 0 Å². The zero-order valence-electron chi connectivity index (χ0n) is 10.7. The SMILES string of the molecule is CC1(C)CCCN1Cc1ccc(F)cc1CN. The van der Waals surface area contributed by atoms with Crippen LogP contribution in [0.5, 0.6) is 0 Å². The van der Waals surface area contributed by atoms with Crippen molar-refractivity contribution < 1.29 is 4.39 Å². The summed E-state index contributed by atoms with van der Waals surface area (Å²) in [7, 11) is 0. The van der Waals surface area contributed by atoms with Crippen LogP contribution in [0.2, 0.25) is 0 Å². The summed E-state index contributed by atoms with van der Waals surface area (Å²) in [5.41, 5.74) is 8.01. The molecule has 1 aliphatic heterocycles. The van der Waals surface area contributed by atoms with Crippen molar-refractivity contribution in [1.29, 1.82) is 0 Å². The van der Waals surface area contributed by atoms with Gasteiger partial charge in [0.1, 0.15) is 5.82 Å². The first-order valence-electron chi connectivity index (χ1n) is 6.25. The molecule has 0 saturated carbocycles. The van der Waals surface area contributed by atoms with E-state index in [-0.39, 0.29) is 11.4 Å². The highest BCUT2D eigenvalue weighted by Crippen LogP contribution is 2.30. The first-order valence-corrected chi connectivity index (χ1v) is 6.25. The lowest BCUT2D eigenvalue weighted by Gasteiger charge is -2.32. The predicted octanol–water partition coefficient (Wildman–Crippen LogP) is 2.66. The van der Waals surface area contributed by atoms with E-state index in [2.05, 4.69) is 18.7 Å². The van der Waals surface area contributed by atoms with Crippen LogP contribution in [-0.4, -0.2) is 17.0 Å². The van der Waals surface area contributed by atoms with Crippen molar-refractivity contribution in [3.8, 4) is 0 Å². The number of likely N-dealkylation sites (tertiary alicyclic amines) is 1. The molecule has 0 unspecified atom stereocenters.